The highest BCUT2D eigenvalue weighted by Gasteiger charge is 2.28. The van der Waals surface area contributed by atoms with Gasteiger partial charge in [0.25, 0.3) is 11.7 Å². The second-order valence-corrected chi connectivity index (χ2v) is 3.98. The fourth-order valence-electron chi connectivity index (χ4n) is 1.48. The zero-order valence-electron chi connectivity index (χ0n) is 7.56. The molecule has 4 heteroatoms. The van der Waals surface area contributed by atoms with Crippen LogP contribution in [0.1, 0.15) is 22.8 Å². The first-order chi connectivity index (χ1) is 6.63. The third-order valence-electron chi connectivity index (χ3n) is 2.27. The predicted octanol–water partition coefficient (Wildman–Crippen LogP) is 2.15. The van der Waals surface area contributed by atoms with E-state index in [0.717, 1.165) is 16.5 Å². The topological polar surface area (TPSA) is 46.2 Å². The number of Topliss-reactive ketones (excluding diaryl/α,β-unsaturated/α-hetero) is 1. The van der Waals surface area contributed by atoms with Crippen LogP contribution in [-0.2, 0) is 11.2 Å². The SMILES string of the molecule is CCc1cc2c(cc1Br)NC(=O)C2=O. The number of ketones is 1. The van der Waals surface area contributed by atoms with Gasteiger partial charge in [-0.1, -0.05) is 22.9 Å². The average Bonchev–Trinajstić information content (AvgIpc) is 2.41. The first-order valence-corrected chi connectivity index (χ1v) is 5.11. The summed E-state index contributed by atoms with van der Waals surface area (Å²) in [6.07, 6.45) is 0.829. The zero-order chi connectivity index (χ0) is 10.3. The summed E-state index contributed by atoms with van der Waals surface area (Å²) in [7, 11) is 0. The van der Waals surface area contributed by atoms with E-state index >= 15 is 0 Å². The molecule has 0 aromatic heterocycles. The number of hydrogen-bond donors (Lipinski definition) is 1. The normalized spacial score (nSPS) is 14.1. The van der Waals surface area contributed by atoms with E-state index in [4.69, 9.17) is 0 Å². The molecule has 0 spiro atoms. The summed E-state index contributed by atoms with van der Waals surface area (Å²) < 4.78 is 0.925. The summed E-state index contributed by atoms with van der Waals surface area (Å²) in [5, 5.41) is 2.52. The Labute approximate surface area is 89.6 Å². The fraction of sp³-hybridized carbons (Fsp3) is 0.200. The average molecular weight is 254 g/mol. The van der Waals surface area contributed by atoms with Crippen LogP contribution >= 0.6 is 15.9 Å². The molecule has 0 unspecified atom stereocenters. The van der Waals surface area contributed by atoms with Crippen molar-refractivity contribution < 1.29 is 9.59 Å². The molecule has 0 bridgehead atoms. The Morgan fingerprint density at radius 3 is 2.71 bits per heavy atom. The van der Waals surface area contributed by atoms with Crippen molar-refractivity contribution in [1.82, 2.24) is 0 Å². The molecule has 0 saturated heterocycles. The van der Waals surface area contributed by atoms with Gasteiger partial charge < -0.3 is 5.32 Å². The molecule has 1 aliphatic heterocycles. The number of carbonyl (C=O) groups is 2. The number of benzene rings is 1. The first-order valence-electron chi connectivity index (χ1n) is 4.31. The van der Waals surface area contributed by atoms with E-state index in [1.54, 1.807) is 12.1 Å². The third-order valence-corrected chi connectivity index (χ3v) is 3.00. The van der Waals surface area contributed by atoms with Crippen LogP contribution in [0.5, 0.6) is 0 Å². The first kappa shape index (κ1) is 9.40. The molecule has 0 atom stereocenters. The lowest BCUT2D eigenvalue weighted by molar-refractivity contribution is -0.112. The number of nitrogens with one attached hydrogen (secondary N) is 1. The Kier molecular flexibility index (Phi) is 2.15. The summed E-state index contributed by atoms with van der Waals surface area (Å²) in [6.45, 7) is 2.00. The van der Waals surface area contributed by atoms with Crippen molar-refractivity contribution in [3.8, 4) is 0 Å². The summed E-state index contributed by atoms with van der Waals surface area (Å²) >= 11 is 3.39. The lowest BCUT2D eigenvalue weighted by Crippen LogP contribution is -2.12. The molecular formula is C10H8BrNO2. The summed E-state index contributed by atoms with van der Waals surface area (Å²) in [6, 6.07) is 3.54. The highest BCUT2D eigenvalue weighted by molar-refractivity contribution is 9.10. The number of fused-ring (bicyclic) bond motifs is 1. The standard InChI is InChI=1S/C10H8BrNO2/c1-2-5-3-6-8(4-7(5)11)12-10(14)9(6)13/h3-4H,2H2,1H3,(H,12,13,14). The number of carbonyl (C=O) groups excluding carboxylic acids is 2. The lowest BCUT2D eigenvalue weighted by atomic mass is 10.1. The molecule has 1 N–H and O–H groups in total. The number of halogens is 1. The molecule has 14 heavy (non-hydrogen) atoms. The van der Waals surface area contributed by atoms with Gasteiger partial charge in [-0.3, -0.25) is 9.59 Å². The van der Waals surface area contributed by atoms with Gasteiger partial charge in [0.1, 0.15) is 0 Å². The lowest BCUT2D eigenvalue weighted by Gasteiger charge is -2.03. The van der Waals surface area contributed by atoms with Crippen LogP contribution in [0.3, 0.4) is 0 Å². The fourth-order valence-corrected chi connectivity index (χ4v) is 2.11. The van der Waals surface area contributed by atoms with Crippen molar-refractivity contribution in [2.45, 2.75) is 13.3 Å². The molecule has 0 saturated carbocycles. The van der Waals surface area contributed by atoms with Gasteiger partial charge in [0.05, 0.1) is 11.3 Å². The van der Waals surface area contributed by atoms with Crippen molar-refractivity contribution in [2.75, 3.05) is 5.32 Å². The minimum absolute atomic E-state index is 0.442. The Morgan fingerprint density at radius 2 is 2.07 bits per heavy atom. The molecule has 72 valence electrons. The molecule has 1 aromatic carbocycles. The van der Waals surface area contributed by atoms with Gasteiger partial charge in [-0.2, -0.15) is 0 Å². The van der Waals surface area contributed by atoms with E-state index in [1.807, 2.05) is 6.92 Å². The van der Waals surface area contributed by atoms with Crippen molar-refractivity contribution in [3.63, 3.8) is 0 Å². The van der Waals surface area contributed by atoms with Gasteiger partial charge in [-0.05, 0) is 24.1 Å². The van der Waals surface area contributed by atoms with E-state index in [-0.39, 0.29) is 0 Å². The summed E-state index contributed by atoms with van der Waals surface area (Å²) in [5.74, 6) is -0.984. The number of rotatable bonds is 1. The molecule has 2 rings (SSSR count). The highest BCUT2D eigenvalue weighted by atomic mass is 79.9. The summed E-state index contributed by atoms with van der Waals surface area (Å²) in [4.78, 5) is 22.4. The van der Waals surface area contributed by atoms with E-state index in [2.05, 4.69) is 21.2 Å². The van der Waals surface area contributed by atoms with E-state index in [1.165, 1.54) is 0 Å². The molecule has 3 nitrogen and oxygen atoms in total. The van der Waals surface area contributed by atoms with E-state index < -0.39 is 11.7 Å². The number of hydrogen-bond acceptors (Lipinski definition) is 2. The number of aryl methyl sites for hydroxylation is 1. The second kappa shape index (κ2) is 3.20. The van der Waals surface area contributed by atoms with Gasteiger partial charge in [0.2, 0.25) is 0 Å². The molecule has 1 heterocycles. The molecule has 0 fully saturated rings. The van der Waals surface area contributed by atoms with Crippen LogP contribution in [0.25, 0.3) is 0 Å². The number of amides is 1. The maximum Gasteiger partial charge on any atom is 0.296 e. The van der Waals surface area contributed by atoms with E-state index in [9.17, 15) is 9.59 Å². The Morgan fingerprint density at radius 1 is 1.36 bits per heavy atom. The van der Waals surface area contributed by atoms with Crippen molar-refractivity contribution >= 4 is 33.3 Å². The maximum absolute atomic E-state index is 11.3. The molecule has 1 aliphatic rings. The largest absolute Gasteiger partial charge is 0.318 e. The molecule has 1 amide bonds. The van der Waals surface area contributed by atoms with E-state index in [0.29, 0.717) is 11.3 Å². The summed E-state index contributed by atoms with van der Waals surface area (Å²) in [5.41, 5.74) is 2.12. The van der Waals surface area contributed by atoms with Gasteiger partial charge in [0, 0.05) is 4.47 Å². The maximum atomic E-state index is 11.3. The van der Waals surface area contributed by atoms with Gasteiger partial charge in [-0.25, -0.2) is 0 Å². The van der Waals surface area contributed by atoms with Gasteiger partial charge >= 0.3 is 0 Å². The molecule has 0 radical (unpaired) electrons. The predicted molar refractivity (Wildman–Crippen MR) is 56.5 cm³/mol. The molecule has 0 aliphatic carbocycles. The van der Waals surface area contributed by atoms with Crippen LogP contribution in [0, 0.1) is 0 Å². The molecule has 1 aromatic rings. The van der Waals surface area contributed by atoms with Crippen LogP contribution in [0.2, 0.25) is 0 Å². The van der Waals surface area contributed by atoms with Gasteiger partial charge in [0.15, 0.2) is 0 Å². The minimum atomic E-state index is -0.542. The van der Waals surface area contributed by atoms with Crippen LogP contribution in [0.4, 0.5) is 5.69 Å². The smallest absolute Gasteiger partial charge is 0.296 e. The number of anilines is 1. The second-order valence-electron chi connectivity index (χ2n) is 3.13. The highest BCUT2D eigenvalue weighted by Crippen LogP contribution is 2.30. The van der Waals surface area contributed by atoms with Gasteiger partial charge in [-0.15, -0.1) is 0 Å². The third kappa shape index (κ3) is 1.26. The van der Waals surface area contributed by atoms with Crippen LogP contribution in [-0.4, -0.2) is 11.7 Å². The molecular weight excluding hydrogens is 246 g/mol. The van der Waals surface area contributed by atoms with Crippen molar-refractivity contribution in [3.05, 3.63) is 27.7 Å². The monoisotopic (exact) mass is 253 g/mol. The van der Waals surface area contributed by atoms with Crippen LogP contribution < -0.4 is 5.32 Å². The Balaban J connectivity index is 2.60. The quantitative estimate of drug-likeness (QED) is 0.780. The Bertz CT molecular complexity index is 440. The van der Waals surface area contributed by atoms with Crippen molar-refractivity contribution in [1.29, 1.82) is 0 Å². The van der Waals surface area contributed by atoms with Crippen molar-refractivity contribution in [2.24, 2.45) is 0 Å². The Hall–Kier alpha value is -1.16. The minimum Gasteiger partial charge on any atom is -0.318 e. The zero-order valence-corrected chi connectivity index (χ0v) is 9.14. The van der Waals surface area contributed by atoms with Crippen LogP contribution in [0.15, 0.2) is 16.6 Å².